The number of benzene rings is 3. The summed E-state index contributed by atoms with van der Waals surface area (Å²) in [7, 11) is 0. The molecule has 6 heteroatoms. The van der Waals surface area contributed by atoms with Crippen molar-refractivity contribution in [2.75, 3.05) is 11.4 Å². The number of hydrogen-bond acceptors (Lipinski definition) is 5. The lowest BCUT2D eigenvalue weighted by Gasteiger charge is -2.27. The van der Waals surface area contributed by atoms with E-state index in [0.717, 1.165) is 36.2 Å². The van der Waals surface area contributed by atoms with Crippen molar-refractivity contribution in [1.82, 2.24) is 4.90 Å². The molecule has 0 saturated heterocycles. The molecule has 2 heterocycles. The van der Waals surface area contributed by atoms with E-state index in [1.54, 1.807) is 0 Å². The van der Waals surface area contributed by atoms with Crippen LogP contribution in [-0.4, -0.2) is 17.4 Å². The molecule has 0 unspecified atom stereocenters. The zero-order chi connectivity index (χ0) is 31.3. The zero-order valence-electron chi connectivity index (χ0n) is 25.2. The largest absolute Gasteiger partial charge is 0.344 e. The van der Waals surface area contributed by atoms with Crippen LogP contribution in [0.15, 0.2) is 125 Å². The molecule has 0 fully saturated rings. The van der Waals surface area contributed by atoms with E-state index >= 15 is 0 Å². The van der Waals surface area contributed by atoms with Crippen LogP contribution in [0.5, 0.6) is 0 Å². The molecule has 0 aliphatic carbocycles. The number of carbonyl (C=O) groups is 1. The van der Waals surface area contributed by atoms with Crippen LogP contribution in [0.4, 0.5) is 5.69 Å². The van der Waals surface area contributed by atoms with E-state index in [9.17, 15) is 20.6 Å². The Hall–Kier alpha value is -5.64. The number of hydrogen-bond donors (Lipinski definition) is 0. The third-order valence-corrected chi connectivity index (χ3v) is 8.27. The summed E-state index contributed by atoms with van der Waals surface area (Å²) in [6.45, 7) is 7.55. The maximum absolute atomic E-state index is 14.3. The summed E-state index contributed by atoms with van der Waals surface area (Å²) in [6.07, 6.45) is 6.06. The van der Waals surface area contributed by atoms with E-state index in [1.165, 1.54) is 16.2 Å². The molecule has 0 bridgehead atoms. The van der Waals surface area contributed by atoms with Gasteiger partial charge >= 0.3 is 0 Å². The van der Waals surface area contributed by atoms with Crippen LogP contribution in [0.1, 0.15) is 50.3 Å². The standard InChI is InChI=1S/C38H33N5O/c1-4-5-22-42-33-19-13-12-18-32(33)38(2,3)34(42)21-20-30(28-16-10-7-11-17-28)35-31(25-41)36(29(23-39)24-40)43(37(35)44)26-27-14-8-6-9-15-27/h6-21H,4-5,22,26H2,1-3H3/b30-20+,34-21-. The first-order valence-electron chi connectivity index (χ1n) is 14.8. The maximum Gasteiger partial charge on any atom is 0.260 e. The minimum atomic E-state index is -0.422. The number of unbranched alkanes of at least 4 members (excludes halogenated alkanes) is 1. The van der Waals surface area contributed by atoms with Crippen molar-refractivity contribution in [1.29, 1.82) is 15.8 Å². The number of rotatable bonds is 8. The number of allylic oxidation sites excluding steroid dienone is 5. The Morgan fingerprint density at radius 1 is 0.864 bits per heavy atom. The number of fused-ring (bicyclic) bond motifs is 1. The molecule has 0 atom stereocenters. The van der Waals surface area contributed by atoms with Gasteiger partial charge in [0.2, 0.25) is 0 Å². The predicted molar refractivity (Wildman–Crippen MR) is 172 cm³/mol. The van der Waals surface area contributed by atoms with Crippen molar-refractivity contribution in [3.63, 3.8) is 0 Å². The monoisotopic (exact) mass is 575 g/mol. The molecule has 0 N–H and O–H groups in total. The number of nitriles is 3. The van der Waals surface area contributed by atoms with Crippen LogP contribution in [0, 0.1) is 34.0 Å². The van der Waals surface area contributed by atoms with Crippen molar-refractivity contribution in [3.05, 3.63) is 142 Å². The SMILES string of the molecule is CCCCN1/C(=C\C=C(\C2=C(C#N)C(=C(C#N)C#N)N(Cc3ccccc3)C2=O)c2ccccc2)C(C)(C)c2ccccc21. The first-order chi connectivity index (χ1) is 21.4. The summed E-state index contributed by atoms with van der Waals surface area (Å²) in [5, 5.41) is 30.2. The Bertz CT molecular complexity index is 1820. The van der Waals surface area contributed by atoms with Gasteiger partial charge in [-0.25, -0.2) is 0 Å². The number of carbonyl (C=O) groups excluding carboxylic acids is 1. The van der Waals surface area contributed by atoms with E-state index < -0.39 is 5.91 Å². The molecule has 0 radical (unpaired) electrons. The second-order valence-corrected chi connectivity index (χ2v) is 11.3. The molecule has 216 valence electrons. The number of anilines is 1. The molecule has 2 aliphatic rings. The average molecular weight is 576 g/mol. The summed E-state index contributed by atoms with van der Waals surface area (Å²) in [5.41, 5.74) is 5.31. The van der Waals surface area contributed by atoms with Crippen molar-refractivity contribution in [3.8, 4) is 18.2 Å². The second kappa shape index (κ2) is 12.7. The zero-order valence-corrected chi connectivity index (χ0v) is 25.2. The maximum atomic E-state index is 14.3. The van der Waals surface area contributed by atoms with E-state index in [4.69, 9.17) is 0 Å². The van der Waals surface area contributed by atoms with Crippen LogP contribution in [-0.2, 0) is 16.8 Å². The molecule has 3 aromatic rings. The highest BCUT2D eigenvalue weighted by molar-refractivity contribution is 6.15. The molecular weight excluding hydrogens is 542 g/mol. The molecule has 5 rings (SSSR count). The predicted octanol–water partition coefficient (Wildman–Crippen LogP) is 7.72. The lowest BCUT2D eigenvalue weighted by atomic mass is 9.83. The topological polar surface area (TPSA) is 94.9 Å². The summed E-state index contributed by atoms with van der Waals surface area (Å²) < 4.78 is 0. The first-order valence-corrected chi connectivity index (χ1v) is 14.8. The molecule has 0 spiro atoms. The highest BCUT2D eigenvalue weighted by Gasteiger charge is 2.41. The van der Waals surface area contributed by atoms with Crippen LogP contribution in [0.25, 0.3) is 5.57 Å². The molecule has 3 aromatic carbocycles. The fraction of sp³-hybridized carbons (Fsp3) is 0.211. The summed E-state index contributed by atoms with van der Waals surface area (Å²) >= 11 is 0. The van der Waals surface area contributed by atoms with Gasteiger partial charge in [0.1, 0.15) is 18.2 Å². The van der Waals surface area contributed by atoms with Crippen molar-refractivity contribution in [2.45, 2.75) is 45.6 Å². The third-order valence-electron chi connectivity index (χ3n) is 8.27. The number of para-hydroxylation sites is 1. The Balaban J connectivity index is 1.74. The summed E-state index contributed by atoms with van der Waals surface area (Å²) in [4.78, 5) is 18.1. The quantitative estimate of drug-likeness (QED) is 0.256. The highest BCUT2D eigenvalue weighted by Crippen LogP contribution is 2.48. The van der Waals surface area contributed by atoms with Gasteiger partial charge in [0.25, 0.3) is 5.91 Å². The Morgan fingerprint density at radius 2 is 1.50 bits per heavy atom. The minimum absolute atomic E-state index is 0.0225. The lowest BCUT2D eigenvalue weighted by Crippen LogP contribution is -2.27. The molecule has 1 amide bonds. The third kappa shape index (κ3) is 5.33. The first kappa shape index (κ1) is 29.8. The highest BCUT2D eigenvalue weighted by atomic mass is 16.2. The van der Waals surface area contributed by atoms with Crippen LogP contribution in [0.3, 0.4) is 0 Å². The summed E-state index contributed by atoms with van der Waals surface area (Å²) in [6, 6.07) is 33.3. The van der Waals surface area contributed by atoms with Gasteiger partial charge in [0.15, 0.2) is 5.57 Å². The summed E-state index contributed by atoms with van der Waals surface area (Å²) in [5.74, 6) is -0.422. The smallest absolute Gasteiger partial charge is 0.260 e. The fourth-order valence-electron chi connectivity index (χ4n) is 6.07. The van der Waals surface area contributed by atoms with Gasteiger partial charge in [-0.3, -0.25) is 4.79 Å². The van der Waals surface area contributed by atoms with Gasteiger partial charge in [-0.2, -0.15) is 15.8 Å². The molecule has 6 nitrogen and oxygen atoms in total. The Kier molecular flexibility index (Phi) is 8.61. The van der Waals surface area contributed by atoms with Gasteiger partial charge in [-0.05, 0) is 40.8 Å². The normalized spacial score (nSPS) is 16.5. The second-order valence-electron chi connectivity index (χ2n) is 11.3. The lowest BCUT2D eigenvalue weighted by molar-refractivity contribution is -0.124. The minimum Gasteiger partial charge on any atom is -0.344 e. The van der Waals surface area contributed by atoms with Crippen molar-refractivity contribution < 1.29 is 4.79 Å². The van der Waals surface area contributed by atoms with Crippen molar-refractivity contribution in [2.24, 2.45) is 0 Å². The van der Waals surface area contributed by atoms with E-state index in [2.05, 4.69) is 62.1 Å². The van der Waals surface area contributed by atoms with Crippen molar-refractivity contribution >= 4 is 17.2 Å². The molecule has 0 aromatic heterocycles. The molecule has 0 saturated carbocycles. The van der Waals surface area contributed by atoms with Gasteiger partial charge < -0.3 is 9.80 Å². The van der Waals surface area contributed by atoms with Gasteiger partial charge in [-0.15, -0.1) is 0 Å². The van der Waals surface area contributed by atoms with Gasteiger partial charge in [0, 0.05) is 23.3 Å². The Labute approximate surface area is 259 Å². The van der Waals surface area contributed by atoms with Crippen LogP contribution >= 0.6 is 0 Å². The van der Waals surface area contributed by atoms with Gasteiger partial charge in [0.05, 0.1) is 23.4 Å². The van der Waals surface area contributed by atoms with E-state index in [0.29, 0.717) is 5.57 Å². The van der Waals surface area contributed by atoms with Gasteiger partial charge in [-0.1, -0.05) is 112 Å². The molecular formula is C38H33N5O. The van der Waals surface area contributed by atoms with Crippen LogP contribution < -0.4 is 4.90 Å². The Morgan fingerprint density at radius 3 is 2.14 bits per heavy atom. The van der Waals surface area contributed by atoms with E-state index in [1.807, 2.05) is 78.9 Å². The fourth-order valence-corrected chi connectivity index (χ4v) is 6.07. The number of amides is 1. The van der Waals surface area contributed by atoms with Crippen LogP contribution in [0.2, 0.25) is 0 Å². The van der Waals surface area contributed by atoms with E-state index in [-0.39, 0.29) is 34.4 Å². The molecule has 44 heavy (non-hydrogen) atoms. The number of nitrogens with zero attached hydrogens (tertiary/aromatic N) is 5. The average Bonchev–Trinajstić information content (AvgIpc) is 3.44. The molecule has 2 aliphatic heterocycles.